The number of hydrogen-bond acceptors (Lipinski definition) is 7. The summed E-state index contributed by atoms with van der Waals surface area (Å²) in [5.41, 5.74) is -0.746. The van der Waals surface area contributed by atoms with E-state index in [0.717, 1.165) is 39.3 Å². The number of nitrogens with one attached hydrogen (secondary N) is 1. The number of hydrogen-bond donors (Lipinski definition) is 1. The first-order chi connectivity index (χ1) is 14.1. The van der Waals surface area contributed by atoms with E-state index in [9.17, 15) is 9.59 Å². The smallest absolute Gasteiger partial charge is 0.235 e. The predicted octanol–water partition coefficient (Wildman–Crippen LogP) is 0.108. The van der Waals surface area contributed by atoms with Gasteiger partial charge in [-0.3, -0.25) is 19.4 Å². The van der Waals surface area contributed by atoms with E-state index in [-0.39, 0.29) is 17.9 Å². The Balaban J connectivity index is 1.22. The Morgan fingerprint density at radius 3 is 2.97 bits per heavy atom. The zero-order chi connectivity index (χ0) is 20.0. The zero-order valence-electron chi connectivity index (χ0n) is 16.5. The molecule has 4 aliphatic heterocycles. The van der Waals surface area contributed by atoms with E-state index in [1.165, 1.54) is 0 Å². The summed E-state index contributed by atoms with van der Waals surface area (Å²) in [5.74, 6) is -0.153. The van der Waals surface area contributed by atoms with Crippen molar-refractivity contribution in [2.24, 2.45) is 11.8 Å². The van der Waals surface area contributed by atoms with Crippen LogP contribution in [0.2, 0.25) is 0 Å². The van der Waals surface area contributed by atoms with Crippen molar-refractivity contribution in [3.8, 4) is 0 Å². The van der Waals surface area contributed by atoms with Crippen LogP contribution in [0.5, 0.6) is 0 Å². The van der Waals surface area contributed by atoms with Crippen molar-refractivity contribution in [2.75, 3.05) is 50.8 Å². The molecule has 2 bridgehead atoms. The Kier molecular flexibility index (Phi) is 4.68. The molecular formula is C20H26N4O5. The SMILES string of the molecule is Cc1cc(N2C[C@@]34C=C[C@@H](O3)[C@@H](C(=O)NCCCN3CCOCC3)[C@H]4C2=O)no1. The van der Waals surface area contributed by atoms with Crippen LogP contribution >= 0.6 is 0 Å². The highest BCUT2D eigenvalue weighted by molar-refractivity contribution is 6.02. The molecule has 29 heavy (non-hydrogen) atoms. The number of carbonyl (C=O) groups excluding carboxylic acids is 2. The lowest BCUT2D eigenvalue weighted by Gasteiger charge is -2.27. The third-order valence-electron chi connectivity index (χ3n) is 6.35. The molecule has 3 fully saturated rings. The van der Waals surface area contributed by atoms with Crippen LogP contribution in [0.25, 0.3) is 0 Å². The van der Waals surface area contributed by atoms with Crippen molar-refractivity contribution in [3.63, 3.8) is 0 Å². The zero-order valence-corrected chi connectivity index (χ0v) is 16.5. The Morgan fingerprint density at radius 1 is 1.38 bits per heavy atom. The van der Waals surface area contributed by atoms with Crippen molar-refractivity contribution in [1.29, 1.82) is 0 Å². The number of morpholine rings is 1. The van der Waals surface area contributed by atoms with Crippen molar-refractivity contribution < 1.29 is 23.6 Å². The maximum Gasteiger partial charge on any atom is 0.235 e. The maximum absolute atomic E-state index is 13.2. The molecule has 1 N–H and O–H groups in total. The van der Waals surface area contributed by atoms with E-state index < -0.39 is 17.4 Å². The Morgan fingerprint density at radius 2 is 2.21 bits per heavy atom. The molecule has 0 saturated carbocycles. The largest absolute Gasteiger partial charge is 0.379 e. The van der Waals surface area contributed by atoms with Crippen molar-refractivity contribution in [1.82, 2.24) is 15.4 Å². The van der Waals surface area contributed by atoms with E-state index in [2.05, 4.69) is 15.4 Å². The standard InChI is InChI=1S/C20H26N4O5/c1-13-11-15(22-29-13)24-12-20-4-3-14(28-20)16(17(20)19(24)26)18(25)21-5-2-6-23-7-9-27-10-8-23/h3-4,11,14,16-17H,2,5-10,12H2,1H3,(H,21,25)/t14-,16-,17+,20-/m1/s1. The molecule has 0 unspecified atom stereocenters. The monoisotopic (exact) mass is 402 g/mol. The molecule has 0 radical (unpaired) electrons. The number of amides is 2. The molecule has 5 rings (SSSR count). The molecule has 156 valence electrons. The first kappa shape index (κ1) is 18.8. The van der Waals surface area contributed by atoms with Crippen LogP contribution in [0.3, 0.4) is 0 Å². The van der Waals surface area contributed by atoms with Crippen LogP contribution in [0.4, 0.5) is 5.82 Å². The molecule has 1 spiro atoms. The van der Waals surface area contributed by atoms with Gasteiger partial charge < -0.3 is 19.3 Å². The third-order valence-corrected chi connectivity index (χ3v) is 6.35. The summed E-state index contributed by atoms with van der Waals surface area (Å²) < 4.78 is 16.6. The number of anilines is 1. The lowest BCUT2D eigenvalue weighted by Crippen LogP contribution is -2.45. The lowest BCUT2D eigenvalue weighted by molar-refractivity contribution is -0.131. The summed E-state index contributed by atoms with van der Waals surface area (Å²) in [6.07, 6.45) is 4.38. The van der Waals surface area contributed by atoms with E-state index in [1.807, 2.05) is 12.2 Å². The molecule has 1 aromatic rings. The molecule has 4 aliphatic rings. The predicted molar refractivity (Wildman–Crippen MR) is 102 cm³/mol. The molecule has 3 saturated heterocycles. The van der Waals surface area contributed by atoms with Crippen molar-refractivity contribution >= 4 is 17.6 Å². The van der Waals surface area contributed by atoms with Gasteiger partial charge in [0.05, 0.1) is 37.7 Å². The van der Waals surface area contributed by atoms with Crippen LogP contribution in [0.1, 0.15) is 12.2 Å². The molecule has 0 aliphatic carbocycles. The highest BCUT2D eigenvalue weighted by Crippen LogP contribution is 2.52. The Bertz CT molecular complexity index is 833. The second-order valence-electron chi connectivity index (χ2n) is 8.22. The van der Waals surface area contributed by atoms with Gasteiger partial charge >= 0.3 is 0 Å². The highest BCUT2D eigenvalue weighted by atomic mass is 16.5. The fraction of sp³-hybridized carbons (Fsp3) is 0.650. The van der Waals surface area contributed by atoms with Crippen LogP contribution in [-0.4, -0.2) is 79.5 Å². The number of rotatable bonds is 6. The molecule has 5 heterocycles. The number of ether oxygens (including phenoxy) is 2. The Labute approximate surface area is 169 Å². The quantitative estimate of drug-likeness (QED) is 0.533. The number of fused-ring (bicyclic) bond motifs is 1. The second kappa shape index (κ2) is 7.23. The minimum atomic E-state index is -0.746. The summed E-state index contributed by atoms with van der Waals surface area (Å²) in [6.45, 7) is 7.08. The average molecular weight is 402 g/mol. The normalized spacial score (nSPS) is 33.5. The Hall–Kier alpha value is -2.23. The number of aryl methyl sites for hydroxylation is 1. The van der Waals surface area contributed by atoms with Gasteiger partial charge in [0.25, 0.3) is 0 Å². The number of aromatic nitrogens is 1. The lowest BCUT2D eigenvalue weighted by atomic mass is 9.77. The van der Waals surface area contributed by atoms with Crippen LogP contribution in [0, 0.1) is 18.8 Å². The van der Waals surface area contributed by atoms with Crippen LogP contribution in [0.15, 0.2) is 22.7 Å². The molecular weight excluding hydrogens is 376 g/mol. The van der Waals surface area contributed by atoms with E-state index in [4.69, 9.17) is 14.0 Å². The number of carbonyl (C=O) groups is 2. The molecule has 9 nitrogen and oxygen atoms in total. The first-order valence-electron chi connectivity index (χ1n) is 10.3. The van der Waals surface area contributed by atoms with E-state index in [1.54, 1.807) is 17.9 Å². The summed E-state index contributed by atoms with van der Waals surface area (Å²) >= 11 is 0. The highest BCUT2D eigenvalue weighted by Gasteiger charge is 2.67. The minimum Gasteiger partial charge on any atom is -0.379 e. The van der Waals surface area contributed by atoms with E-state index in [0.29, 0.717) is 24.7 Å². The van der Waals surface area contributed by atoms with Crippen molar-refractivity contribution in [3.05, 3.63) is 24.0 Å². The van der Waals surface area contributed by atoms with Gasteiger partial charge in [0.2, 0.25) is 11.8 Å². The molecule has 1 aromatic heterocycles. The van der Waals surface area contributed by atoms with Gasteiger partial charge in [-0.1, -0.05) is 17.3 Å². The van der Waals surface area contributed by atoms with Crippen LogP contribution < -0.4 is 10.2 Å². The van der Waals surface area contributed by atoms with Gasteiger partial charge in [0, 0.05) is 25.7 Å². The summed E-state index contributed by atoms with van der Waals surface area (Å²) in [6, 6.07) is 1.73. The average Bonchev–Trinajstić information content (AvgIpc) is 3.47. The van der Waals surface area contributed by atoms with Gasteiger partial charge in [-0.15, -0.1) is 0 Å². The van der Waals surface area contributed by atoms with Gasteiger partial charge in [-0.05, 0) is 19.9 Å². The second-order valence-corrected chi connectivity index (χ2v) is 8.22. The summed E-state index contributed by atoms with van der Waals surface area (Å²) in [5, 5.41) is 6.99. The van der Waals surface area contributed by atoms with Crippen LogP contribution in [-0.2, 0) is 19.1 Å². The molecule has 4 atom stereocenters. The van der Waals surface area contributed by atoms with Crippen molar-refractivity contribution in [2.45, 2.75) is 25.0 Å². The topological polar surface area (TPSA) is 97.1 Å². The summed E-state index contributed by atoms with van der Waals surface area (Å²) in [7, 11) is 0. The molecule has 0 aromatic carbocycles. The van der Waals surface area contributed by atoms with Gasteiger partial charge in [-0.2, -0.15) is 0 Å². The van der Waals surface area contributed by atoms with E-state index >= 15 is 0 Å². The first-order valence-corrected chi connectivity index (χ1v) is 10.3. The van der Waals surface area contributed by atoms with Gasteiger partial charge in [0.15, 0.2) is 5.82 Å². The molecule has 2 amide bonds. The van der Waals surface area contributed by atoms with Gasteiger partial charge in [0.1, 0.15) is 11.4 Å². The maximum atomic E-state index is 13.2. The fourth-order valence-electron chi connectivity index (χ4n) is 4.93. The third kappa shape index (κ3) is 3.17. The molecule has 9 heteroatoms. The summed E-state index contributed by atoms with van der Waals surface area (Å²) in [4.78, 5) is 30.0. The fourth-order valence-corrected chi connectivity index (χ4v) is 4.93. The number of nitrogens with zero attached hydrogens (tertiary/aromatic N) is 3. The minimum absolute atomic E-state index is 0.111. The van der Waals surface area contributed by atoms with Gasteiger partial charge in [-0.25, -0.2) is 0 Å².